The number of rotatable bonds is 1. The Morgan fingerprint density at radius 1 is 1.14 bits per heavy atom. The molecule has 2 rings (SSSR count). The molecule has 0 aromatic carbocycles. The second-order valence-corrected chi connectivity index (χ2v) is 5.75. The van der Waals surface area contributed by atoms with Gasteiger partial charge in [-0.05, 0) is 37.8 Å². The van der Waals surface area contributed by atoms with Crippen LogP contribution >= 0.6 is 0 Å². The first-order valence-electron chi connectivity index (χ1n) is 5.06. The Balaban J connectivity index is 2.03. The van der Waals surface area contributed by atoms with E-state index in [-0.39, 0.29) is 0 Å². The van der Waals surface area contributed by atoms with Gasteiger partial charge in [0.2, 0.25) is 0 Å². The molecule has 3 N–H and O–H groups in total. The molecule has 2 aliphatic rings. The van der Waals surface area contributed by atoms with Crippen molar-refractivity contribution in [2.75, 3.05) is 26.2 Å². The van der Waals surface area contributed by atoms with E-state index < -0.39 is 10.2 Å². The van der Waals surface area contributed by atoms with Crippen LogP contribution in [0.3, 0.4) is 0 Å². The third kappa shape index (κ3) is 2.08. The number of nitrogens with two attached hydrogens (primary N) is 1. The lowest BCUT2D eigenvalue weighted by Gasteiger charge is -2.16. The Kier molecular flexibility index (Phi) is 2.79. The number of hydrogen-bond donors (Lipinski definition) is 2. The summed E-state index contributed by atoms with van der Waals surface area (Å²) in [6.45, 7) is 3.23. The standard InChI is InChI=1S/C8H17N3O2S/c9-14(12,13)11-3-1-7-5-10-6-8(7)2-4-11/h7-8,10H,1-6H2,(H2,9,12,13). The molecule has 2 fully saturated rings. The largest absolute Gasteiger partial charge is 0.316 e. The summed E-state index contributed by atoms with van der Waals surface area (Å²) in [7, 11) is -3.47. The minimum absolute atomic E-state index is 0.585. The molecule has 0 aliphatic carbocycles. The maximum atomic E-state index is 11.1. The highest BCUT2D eigenvalue weighted by molar-refractivity contribution is 7.86. The predicted molar refractivity (Wildman–Crippen MR) is 53.8 cm³/mol. The van der Waals surface area contributed by atoms with Crippen molar-refractivity contribution < 1.29 is 8.42 Å². The van der Waals surface area contributed by atoms with Crippen LogP contribution in [0.15, 0.2) is 0 Å². The van der Waals surface area contributed by atoms with Crippen molar-refractivity contribution >= 4 is 10.2 Å². The molecule has 5 nitrogen and oxygen atoms in total. The minimum Gasteiger partial charge on any atom is -0.316 e. The number of hydrogen-bond acceptors (Lipinski definition) is 3. The zero-order valence-corrected chi connectivity index (χ0v) is 8.96. The zero-order chi connectivity index (χ0) is 10.2. The Labute approximate surface area is 84.8 Å². The summed E-state index contributed by atoms with van der Waals surface area (Å²) in [4.78, 5) is 0. The van der Waals surface area contributed by atoms with Crippen molar-refractivity contribution in [1.29, 1.82) is 0 Å². The second-order valence-electron chi connectivity index (χ2n) is 4.20. The number of fused-ring (bicyclic) bond motifs is 1. The molecule has 2 atom stereocenters. The van der Waals surface area contributed by atoms with E-state index in [0.29, 0.717) is 24.9 Å². The molecule has 14 heavy (non-hydrogen) atoms. The zero-order valence-electron chi connectivity index (χ0n) is 8.15. The maximum absolute atomic E-state index is 11.1. The van der Waals surface area contributed by atoms with Gasteiger partial charge in [0.15, 0.2) is 0 Å². The molecule has 0 saturated carbocycles. The minimum atomic E-state index is -3.47. The van der Waals surface area contributed by atoms with Gasteiger partial charge >= 0.3 is 0 Å². The molecular weight excluding hydrogens is 202 g/mol. The van der Waals surface area contributed by atoms with Crippen LogP contribution in [-0.2, 0) is 10.2 Å². The van der Waals surface area contributed by atoms with Crippen molar-refractivity contribution in [3.05, 3.63) is 0 Å². The van der Waals surface area contributed by atoms with Crippen LogP contribution in [0.1, 0.15) is 12.8 Å². The quantitative estimate of drug-likeness (QED) is 0.601. The molecule has 2 saturated heterocycles. The Hall–Kier alpha value is -0.170. The molecule has 82 valence electrons. The maximum Gasteiger partial charge on any atom is 0.276 e. The van der Waals surface area contributed by atoms with Crippen LogP contribution < -0.4 is 10.5 Å². The third-order valence-electron chi connectivity index (χ3n) is 3.34. The van der Waals surface area contributed by atoms with Gasteiger partial charge in [-0.1, -0.05) is 0 Å². The van der Waals surface area contributed by atoms with Gasteiger partial charge in [-0.25, -0.2) is 5.14 Å². The smallest absolute Gasteiger partial charge is 0.276 e. The van der Waals surface area contributed by atoms with Crippen LogP contribution in [0.25, 0.3) is 0 Å². The van der Waals surface area contributed by atoms with Crippen LogP contribution in [0, 0.1) is 11.8 Å². The van der Waals surface area contributed by atoms with E-state index >= 15 is 0 Å². The molecule has 0 aromatic heterocycles. The molecule has 2 unspecified atom stereocenters. The first-order chi connectivity index (χ1) is 6.57. The molecule has 0 amide bonds. The van der Waals surface area contributed by atoms with Gasteiger partial charge in [0.25, 0.3) is 10.2 Å². The highest BCUT2D eigenvalue weighted by Crippen LogP contribution is 2.27. The number of nitrogens with one attached hydrogen (secondary N) is 1. The highest BCUT2D eigenvalue weighted by Gasteiger charge is 2.32. The molecule has 0 radical (unpaired) electrons. The summed E-state index contributed by atoms with van der Waals surface area (Å²) in [5, 5.41) is 8.46. The van der Waals surface area contributed by atoms with Gasteiger partial charge in [-0.3, -0.25) is 0 Å². The normalized spacial score (nSPS) is 35.2. The third-order valence-corrected chi connectivity index (χ3v) is 4.42. The molecule has 2 aliphatic heterocycles. The average Bonchev–Trinajstić information content (AvgIpc) is 2.42. The van der Waals surface area contributed by atoms with Crippen molar-refractivity contribution in [3.8, 4) is 0 Å². The molecule has 0 spiro atoms. The molecule has 0 aromatic rings. The average molecular weight is 219 g/mol. The van der Waals surface area contributed by atoms with Crippen LogP contribution in [0.2, 0.25) is 0 Å². The fraction of sp³-hybridized carbons (Fsp3) is 1.00. The van der Waals surface area contributed by atoms with Crippen LogP contribution in [0.5, 0.6) is 0 Å². The Morgan fingerprint density at radius 3 is 2.07 bits per heavy atom. The van der Waals surface area contributed by atoms with Gasteiger partial charge in [0.05, 0.1) is 0 Å². The first kappa shape index (κ1) is 10.4. The van der Waals surface area contributed by atoms with E-state index in [4.69, 9.17) is 5.14 Å². The monoisotopic (exact) mass is 219 g/mol. The SMILES string of the molecule is NS(=O)(=O)N1CCC2CNCC2CC1. The van der Waals surface area contributed by atoms with Gasteiger partial charge in [-0.15, -0.1) is 0 Å². The van der Waals surface area contributed by atoms with E-state index in [1.807, 2.05) is 0 Å². The summed E-state index contributed by atoms with van der Waals surface area (Å²) in [6.07, 6.45) is 1.88. The highest BCUT2D eigenvalue weighted by atomic mass is 32.2. The van der Waals surface area contributed by atoms with Gasteiger partial charge in [0, 0.05) is 13.1 Å². The van der Waals surface area contributed by atoms with Crippen LogP contribution in [-0.4, -0.2) is 38.9 Å². The lowest BCUT2D eigenvalue weighted by Crippen LogP contribution is -2.37. The first-order valence-corrected chi connectivity index (χ1v) is 6.56. The summed E-state index contributed by atoms with van der Waals surface area (Å²) < 4.78 is 23.7. The lowest BCUT2D eigenvalue weighted by molar-refractivity contribution is 0.409. The summed E-state index contributed by atoms with van der Waals surface area (Å²) in [5.41, 5.74) is 0. The fourth-order valence-corrected chi connectivity index (χ4v) is 3.17. The number of nitrogens with zero attached hydrogens (tertiary/aromatic N) is 1. The van der Waals surface area contributed by atoms with Crippen molar-refractivity contribution in [2.24, 2.45) is 17.0 Å². The lowest BCUT2D eigenvalue weighted by atomic mass is 9.92. The van der Waals surface area contributed by atoms with Gasteiger partial charge in [0.1, 0.15) is 0 Å². The van der Waals surface area contributed by atoms with Crippen molar-refractivity contribution in [1.82, 2.24) is 9.62 Å². The van der Waals surface area contributed by atoms with Crippen LogP contribution in [0.4, 0.5) is 0 Å². The van der Waals surface area contributed by atoms with Gasteiger partial charge in [-0.2, -0.15) is 12.7 Å². The van der Waals surface area contributed by atoms with E-state index in [1.54, 1.807) is 0 Å². The summed E-state index contributed by atoms with van der Waals surface area (Å²) >= 11 is 0. The Bertz CT molecular complexity index is 290. The second kappa shape index (κ2) is 3.77. The summed E-state index contributed by atoms with van der Waals surface area (Å²) in [5.74, 6) is 1.28. The predicted octanol–water partition coefficient (Wildman–Crippen LogP) is -0.879. The molecule has 6 heteroatoms. The topological polar surface area (TPSA) is 75.4 Å². The molecule has 0 bridgehead atoms. The molecular formula is C8H17N3O2S. The van der Waals surface area contributed by atoms with E-state index in [1.165, 1.54) is 4.31 Å². The Morgan fingerprint density at radius 2 is 1.64 bits per heavy atom. The summed E-state index contributed by atoms with van der Waals surface area (Å²) in [6, 6.07) is 0. The van der Waals surface area contributed by atoms with E-state index in [9.17, 15) is 8.42 Å². The molecule has 2 heterocycles. The van der Waals surface area contributed by atoms with E-state index in [0.717, 1.165) is 25.9 Å². The van der Waals surface area contributed by atoms with Gasteiger partial charge < -0.3 is 5.32 Å². The van der Waals surface area contributed by atoms with E-state index in [2.05, 4.69) is 5.32 Å². The van der Waals surface area contributed by atoms with Crippen molar-refractivity contribution in [3.63, 3.8) is 0 Å². The van der Waals surface area contributed by atoms with Crippen molar-refractivity contribution in [2.45, 2.75) is 12.8 Å². The fourth-order valence-electron chi connectivity index (χ4n) is 2.45.